The Morgan fingerprint density at radius 3 is 2.59 bits per heavy atom. The predicted molar refractivity (Wildman–Crippen MR) is 75.2 cm³/mol. The normalized spacial score (nSPS) is 19.8. The number of nitrogens with one attached hydrogen (secondary N) is 1. The summed E-state index contributed by atoms with van der Waals surface area (Å²) in [5.41, 5.74) is 1.95. The Morgan fingerprint density at radius 2 is 2.09 bits per heavy atom. The van der Waals surface area contributed by atoms with Crippen LogP contribution < -0.4 is 10.2 Å². The van der Waals surface area contributed by atoms with E-state index in [-0.39, 0.29) is 12.8 Å². The molecule has 0 spiro atoms. The van der Waals surface area contributed by atoms with Gasteiger partial charge in [0.25, 0.3) is 0 Å². The molecular formula is C15H19F3N2O2. The molecule has 0 radical (unpaired) electrons. The van der Waals surface area contributed by atoms with Crippen LogP contribution in [0.2, 0.25) is 0 Å². The minimum absolute atomic E-state index is 0.0394. The Hall–Kier alpha value is -1.76. The zero-order valence-electron chi connectivity index (χ0n) is 12.7. The molecule has 1 aliphatic rings. The molecule has 0 aromatic heterocycles. The molecule has 22 heavy (non-hydrogen) atoms. The third kappa shape index (κ3) is 3.52. The van der Waals surface area contributed by atoms with Gasteiger partial charge in [-0.25, -0.2) is 5.01 Å². The van der Waals surface area contributed by atoms with Crippen molar-refractivity contribution in [1.82, 2.24) is 10.4 Å². The quantitative estimate of drug-likeness (QED) is 0.928. The van der Waals surface area contributed by atoms with Crippen LogP contribution >= 0.6 is 0 Å². The highest BCUT2D eigenvalue weighted by Gasteiger charge is 2.51. The molecule has 1 aromatic carbocycles. The van der Waals surface area contributed by atoms with Gasteiger partial charge in [0, 0.05) is 12.0 Å². The molecule has 1 unspecified atom stereocenters. The highest BCUT2D eigenvalue weighted by Crippen LogP contribution is 2.35. The van der Waals surface area contributed by atoms with E-state index in [2.05, 4.69) is 5.43 Å². The second kappa shape index (κ2) is 5.79. The summed E-state index contributed by atoms with van der Waals surface area (Å²) in [5, 5.41) is 1.02. The lowest BCUT2D eigenvalue weighted by atomic mass is 9.97. The third-order valence-electron chi connectivity index (χ3n) is 3.74. The van der Waals surface area contributed by atoms with Gasteiger partial charge in [-0.15, -0.1) is 0 Å². The fraction of sp³-hybridized carbons (Fsp3) is 0.533. The van der Waals surface area contributed by atoms with Gasteiger partial charge in [0.05, 0.1) is 7.11 Å². The maximum atomic E-state index is 13.5. The van der Waals surface area contributed by atoms with E-state index in [1.54, 1.807) is 38.1 Å². The monoisotopic (exact) mass is 316 g/mol. The molecule has 7 heteroatoms. The van der Waals surface area contributed by atoms with E-state index < -0.39 is 23.7 Å². The van der Waals surface area contributed by atoms with Gasteiger partial charge >= 0.3 is 6.18 Å². The molecule has 1 fully saturated rings. The number of hydrogen-bond acceptors (Lipinski definition) is 3. The molecule has 1 aliphatic heterocycles. The number of ether oxygens (including phenoxy) is 1. The van der Waals surface area contributed by atoms with Crippen LogP contribution in [0.5, 0.6) is 5.75 Å². The average Bonchev–Trinajstić information content (AvgIpc) is 2.67. The van der Waals surface area contributed by atoms with E-state index in [1.807, 2.05) is 0 Å². The number of hydrazine groups is 1. The first kappa shape index (κ1) is 16.6. The van der Waals surface area contributed by atoms with Crippen LogP contribution in [0.25, 0.3) is 0 Å². The van der Waals surface area contributed by atoms with Crippen molar-refractivity contribution in [1.29, 1.82) is 0 Å². The van der Waals surface area contributed by atoms with Crippen LogP contribution in [0.3, 0.4) is 0 Å². The fourth-order valence-corrected chi connectivity index (χ4v) is 2.68. The second-order valence-electron chi connectivity index (χ2n) is 6.01. The Bertz CT molecular complexity index is 558. The molecule has 1 amide bonds. The van der Waals surface area contributed by atoms with E-state index in [9.17, 15) is 18.0 Å². The zero-order chi connectivity index (χ0) is 16.5. The summed E-state index contributed by atoms with van der Waals surface area (Å²) >= 11 is 0. The lowest BCUT2D eigenvalue weighted by Crippen LogP contribution is -2.57. The Morgan fingerprint density at radius 1 is 1.41 bits per heavy atom. The largest absolute Gasteiger partial charge is 0.497 e. The fourth-order valence-electron chi connectivity index (χ4n) is 2.68. The van der Waals surface area contributed by atoms with Gasteiger partial charge in [0.2, 0.25) is 5.91 Å². The SMILES string of the molecule is COc1cccc(CC(N2NC(=O)CC2(C)C)C(F)(F)F)c1. The number of methoxy groups -OCH3 is 1. The van der Waals surface area contributed by atoms with Crippen LogP contribution in [-0.2, 0) is 11.2 Å². The smallest absolute Gasteiger partial charge is 0.406 e. The number of nitrogens with zero attached hydrogens (tertiary/aromatic N) is 1. The third-order valence-corrected chi connectivity index (χ3v) is 3.74. The van der Waals surface area contributed by atoms with Crippen molar-refractivity contribution in [3.63, 3.8) is 0 Å². The molecular weight excluding hydrogens is 297 g/mol. The van der Waals surface area contributed by atoms with E-state index in [1.165, 1.54) is 7.11 Å². The number of hydrogen-bond donors (Lipinski definition) is 1. The summed E-state index contributed by atoms with van der Waals surface area (Å²) in [6.07, 6.45) is -4.68. The van der Waals surface area contributed by atoms with E-state index in [0.29, 0.717) is 11.3 Å². The molecule has 1 N–H and O–H groups in total. The van der Waals surface area contributed by atoms with Crippen LogP contribution in [0, 0.1) is 0 Å². The highest BCUT2D eigenvalue weighted by atomic mass is 19.4. The standard InChI is InChI=1S/C15H19F3N2O2/c1-14(2)9-13(21)19-20(14)12(15(16,17)18)8-10-5-4-6-11(7-10)22-3/h4-7,12H,8-9H2,1-3H3,(H,19,21). The first-order chi connectivity index (χ1) is 10.1. The molecule has 1 heterocycles. The van der Waals surface area contributed by atoms with Crippen LogP contribution in [0.4, 0.5) is 13.2 Å². The van der Waals surface area contributed by atoms with Gasteiger partial charge < -0.3 is 4.74 Å². The lowest BCUT2D eigenvalue weighted by molar-refractivity contribution is -0.200. The molecule has 122 valence electrons. The minimum Gasteiger partial charge on any atom is -0.497 e. The predicted octanol–water partition coefficient (Wildman–Crippen LogP) is 2.68. The zero-order valence-corrected chi connectivity index (χ0v) is 12.7. The van der Waals surface area contributed by atoms with Crippen LogP contribution in [-0.4, -0.2) is 35.8 Å². The first-order valence-corrected chi connectivity index (χ1v) is 6.92. The van der Waals surface area contributed by atoms with Gasteiger partial charge in [-0.3, -0.25) is 10.2 Å². The van der Waals surface area contributed by atoms with Crippen molar-refractivity contribution < 1.29 is 22.7 Å². The Balaban J connectivity index is 2.29. The number of carbonyl (C=O) groups excluding carboxylic acids is 1. The van der Waals surface area contributed by atoms with Gasteiger partial charge in [0.1, 0.15) is 11.8 Å². The maximum Gasteiger partial charge on any atom is 0.406 e. The molecule has 1 saturated heterocycles. The summed E-state index contributed by atoms with van der Waals surface area (Å²) in [6, 6.07) is 4.72. The molecule has 0 saturated carbocycles. The molecule has 1 aromatic rings. The molecule has 4 nitrogen and oxygen atoms in total. The van der Waals surface area contributed by atoms with Gasteiger partial charge in [-0.2, -0.15) is 13.2 Å². The van der Waals surface area contributed by atoms with Gasteiger partial charge in [-0.1, -0.05) is 12.1 Å². The summed E-state index contributed by atoms with van der Waals surface area (Å²) in [4.78, 5) is 11.5. The van der Waals surface area contributed by atoms with Crippen molar-refractivity contribution in [2.75, 3.05) is 7.11 Å². The average molecular weight is 316 g/mol. The summed E-state index contributed by atoms with van der Waals surface area (Å²) in [5.74, 6) is 0.105. The number of halogens is 3. The minimum atomic E-state index is -4.46. The molecule has 0 aliphatic carbocycles. The summed E-state index contributed by atoms with van der Waals surface area (Å²) in [6.45, 7) is 3.24. The highest BCUT2D eigenvalue weighted by molar-refractivity contribution is 5.78. The maximum absolute atomic E-state index is 13.5. The molecule has 1 atom stereocenters. The Kier molecular flexibility index (Phi) is 4.37. The van der Waals surface area contributed by atoms with E-state index in [4.69, 9.17) is 4.74 Å². The summed E-state index contributed by atoms with van der Waals surface area (Å²) < 4.78 is 45.5. The topological polar surface area (TPSA) is 41.6 Å². The summed E-state index contributed by atoms with van der Waals surface area (Å²) in [7, 11) is 1.46. The van der Waals surface area contributed by atoms with Crippen LogP contribution in [0.1, 0.15) is 25.8 Å². The second-order valence-corrected chi connectivity index (χ2v) is 6.01. The van der Waals surface area contributed by atoms with Crippen molar-refractivity contribution in [2.24, 2.45) is 0 Å². The van der Waals surface area contributed by atoms with Crippen molar-refractivity contribution >= 4 is 5.91 Å². The number of alkyl halides is 3. The van der Waals surface area contributed by atoms with Gasteiger partial charge in [0.15, 0.2) is 0 Å². The molecule has 0 bridgehead atoms. The Labute approximate surface area is 127 Å². The number of benzene rings is 1. The van der Waals surface area contributed by atoms with E-state index in [0.717, 1.165) is 5.01 Å². The molecule has 2 rings (SSSR count). The van der Waals surface area contributed by atoms with Crippen molar-refractivity contribution in [3.05, 3.63) is 29.8 Å². The van der Waals surface area contributed by atoms with E-state index >= 15 is 0 Å². The van der Waals surface area contributed by atoms with Crippen molar-refractivity contribution in [3.8, 4) is 5.75 Å². The van der Waals surface area contributed by atoms with Crippen LogP contribution in [0.15, 0.2) is 24.3 Å². The number of rotatable bonds is 4. The number of carbonyl (C=O) groups is 1. The first-order valence-electron chi connectivity index (χ1n) is 6.92. The lowest BCUT2D eigenvalue weighted by Gasteiger charge is -2.37. The van der Waals surface area contributed by atoms with Gasteiger partial charge in [-0.05, 0) is 38.0 Å². The number of amides is 1. The van der Waals surface area contributed by atoms with Crippen molar-refractivity contribution in [2.45, 2.75) is 44.4 Å².